The Morgan fingerprint density at radius 3 is 3.00 bits per heavy atom. The van der Waals surface area contributed by atoms with Crippen LogP contribution in [0.1, 0.15) is 45.8 Å². The van der Waals surface area contributed by atoms with Crippen LogP contribution in [0, 0.1) is 5.92 Å². The quantitative estimate of drug-likeness (QED) is 0.676. The van der Waals surface area contributed by atoms with Crippen LogP contribution < -0.4 is 10.9 Å². The minimum absolute atomic E-state index is 0.186. The van der Waals surface area contributed by atoms with E-state index in [1.165, 1.54) is 28.2 Å². The van der Waals surface area contributed by atoms with Crippen LogP contribution in [0.4, 0.5) is 0 Å². The molecule has 2 N–H and O–H groups in total. The summed E-state index contributed by atoms with van der Waals surface area (Å²) in [6.45, 7) is 2.23. The van der Waals surface area contributed by atoms with Crippen molar-refractivity contribution in [1.82, 2.24) is 15.8 Å². The summed E-state index contributed by atoms with van der Waals surface area (Å²) in [5, 5.41) is 0. The van der Waals surface area contributed by atoms with Gasteiger partial charge in [-0.1, -0.05) is 19.1 Å². The van der Waals surface area contributed by atoms with Gasteiger partial charge in [-0.3, -0.25) is 20.4 Å². The molecule has 0 spiro atoms. The number of nitrogens with one attached hydrogen (secondary N) is 2. The summed E-state index contributed by atoms with van der Waals surface area (Å²) in [5.74, 6) is 0.630. The number of fused-ring (bicyclic) bond motifs is 2. The van der Waals surface area contributed by atoms with E-state index in [-0.39, 0.29) is 18.2 Å². The molecule has 2 aromatic heterocycles. The summed E-state index contributed by atoms with van der Waals surface area (Å²) in [7, 11) is 0. The standard InChI is InChI=1S/C20H21N3O3S/c1-12-6-7-16-13(10-12)11-17(27-16)20(25)23-22-18(24)8-9-19-21-14-4-2-3-5-15(14)26-19/h2-5,11-12H,6-10H2,1H3,(H,22,24)(H,23,25)/t12-/m0/s1. The summed E-state index contributed by atoms with van der Waals surface area (Å²) in [5.41, 5.74) is 7.73. The van der Waals surface area contributed by atoms with Crippen LogP contribution in [0.2, 0.25) is 0 Å². The fourth-order valence-corrected chi connectivity index (χ4v) is 4.42. The molecule has 0 aliphatic heterocycles. The number of carbonyl (C=O) groups excluding carboxylic acids is 2. The normalized spacial score (nSPS) is 16.1. The molecule has 1 aliphatic rings. The van der Waals surface area contributed by atoms with Gasteiger partial charge in [0.15, 0.2) is 11.5 Å². The Morgan fingerprint density at radius 2 is 2.15 bits per heavy atom. The third-order valence-electron chi connectivity index (χ3n) is 4.77. The Morgan fingerprint density at radius 1 is 1.30 bits per heavy atom. The Balaban J connectivity index is 1.28. The van der Waals surface area contributed by atoms with Crippen LogP contribution in [0.5, 0.6) is 0 Å². The summed E-state index contributed by atoms with van der Waals surface area (Å²) in [4.78, 5) is 30.6. The molecule has 0 unspecified atom stereocenters. The molecule has 6 nitrogen and oxygen atoms in total. The second-order valence-electron chi connectivity index (χ2n) is 6.98. The van der Waals surface area contributed by atoms with Gasteiger partial charge in [-0.05, 0) is 48.9 Å². The summed E-state index contributed by atoms with van der Waals surface area (Å²) in [6.07, 6.45) is 3.79. The highest BCUT2D eigenvalue weighted by atomic mass is 32.1. The average molecular weight is 383 g/mol. The molecule has 0 bridgehead atoms. The van der Waals surface area contributed by atoms with Gasteiger partial charge in [0.05, 0.1) is 4.88 Å². The van der Waals surface area contributed by atoms with Crippen LogP contribution >= 0.6 is 11.3 Å². The molecular weight excluding hydrogens is 362 g/mol. The first-order chi connectivity index (χ1) is 13.1. The number of aryl methyl sites for hydroxylation is 2. The highest BCUT2D eigenvalue weighted by Gasteiger charge is 2.21. The molecule has 7 heteroatoms. The van der Waals surface area contributed by atoms with E-state index in [4.69, 9.17) is 4.42 Å². The second-order valence-corrected chi connectivity index (χ2v) is 8.12. The zero-order valence-corrected chi connectivity index (χ0v) is 15.9. The monoisotopic (exact) mass is 383 g/mol. The van der Waals surface area contributed by atoms with E-state index >= 15 is 0 Å². The first-order valence-corrected chi connectivity index (χ1v) is 9.95. The number of para-hydroxylation sites is 2. The first kappa shape index (κ1) is 17.7. The van der Waals surface area contributed by atoms with Gasteiger partial charge in [-0.15, -0.1) is 11.3 Å². The maximum absolute atomic E-state index is 12.3. The number of aromatic nitrogens is 1. The van der Waals surface area contributed by atoms with Crippen molar-refractivity contribution >= 4 is 34.3 Å². The van der Waals surface area contributed by atoms with Crippen LogP contribution in [0.15, 0.2) is 34.7 Å². The molecule has 27 heavy (non-hydrogen) atoms. The predicted octanol–water partition coefficient (Wildman–Crippen LogP) is 3.41. The van der Waals surface area contributed by atoms with Gasteiger partial charge in [-0.25, -0.2) is 4.98 Å². The average Bonchev–Trinajstić information content (AvgIpc) is 3.27. The number of hydrazine groups is 1. The maximum atomic E-state index is 12.3. The number of thiophene rings is 1. The summed E-state index contributed by atoms with van der Waals surface area (Å²) >= 11 is 1.52. The van der Waals surface area contributed by atoms with Gasteiger partial charge >= 0.3 is 0 Å². The lowest BCUT2D eigenvalue weighted by molar-refractivity contribution is -0.121. The van der Waals surface area contributed by atoms with Crippen molar-refractivity contribution in [3.63, 3.8) is 0 Å². The Kier molecular flexibility index (Phi) is 4.94. The second kappa shape index (κ2) is 7.52. The van der Waals surface area contributed by atoms with Crippen molar-refractivity contribution in [2.45, 2.75) is 39.0 Å². The van der Waals surface area contributed by atoms with Crippen LogP contribution in [0.25, 0.3) is 11.1 Å². The Labute approximate surface area is 160 Å². The molecule has 2 amide bonds. The minimum atomic E-state index is -0.277. The Bertz CT molecular complexity index is 958. The zero-order chi connectivity index (χ0) is 18.8. The number of amides is 2. The van der Waals surface area contributed by atoms with Gasteiger partial charge < -0.3 is 4.42 Å². The summed E-state index contributed by atoms with van der Waals surface area (Å²) < 4.78 is 5.59. The molecule has 0 saturated heterocycles. The van der Waals surface area contributed by atoms with Gasteiger partial charge in [0.25, 0.3) is 5.91 Å². The highest BCUT2D eigenvalue weighted by Crippen LogP contribution is 2.32. The van der Waals surface area contributed by atoms with E-state index in [0.717, 1.165) is 18.4 Å². The number of benzene rings is 1. The van der Waals surface area contributed by atoms with Gasteiger partial charge in [-0.2, -0.15) is 0 Å². The maximum Gasteiger partial charge on any atom is 0.279 e. The largest absolute Gasteiger partial charge is 0.441 e. The van der Waals surface area contributed by atoms with Crippen molar-refractivity contribution in [2.75, 3.05) is 0 Å². The molecule has 1 atom stereocenters. The molecule has 0 fully saturated rings. The third kappa shape index (κ3) is 4.03. The lowest BCUT2D eigenvalue weighted by Gasteiger charge is -2.16. The molecule has 4 rings (SSSR count). The fraction of sp³-hybridized carbons (Fsp3) is 0.350. The van der Waals surface area contributed by atoms with Crippen LogP contribution in [-0.4, -0.2) is 16.8 Å². The number of hydrogen-bond donors (Lipinski definition) is 2. The van der Waals surface area contributed by atoms with Crippen molar-refractivity contribution in [1.29, 1.82) is 0 Å². The van der Waals surface area contributed by atoms with Crippen LogP contribution in [-0.2, 0) is 24.1 Å². The third-order valence-corrected chi connectivity index (χ3v) is 6.01. The molecule has 1 aliphatic carbocycles. The summed E-state index contributed by atoms with van der Waals surface area (Å²) in [6, 6.07) is 9.43. The molecular formula is C20H21N3O3S. The van der Waals surface area contributed by atoms with Gasteiger partial charge in [0.2, 0.25) is 5.91 Å². The van der Waals surface area contributed by atoms with E-state index in [1.807, 2.05) is 30.3 Å². The number of oxazole rings is 1. The fourth-order valence-electron chi connectivity index (χ4n) is 3.32. The number of rotatable bonds is 4. The molecule has 2 heterocycles. The SMILES string of the molecule is C[C@H]1CCc2sc(C(=O)NNC(=O)CCc3nc4ccccc4o3)cc2C1. The molecule has 0 saturated carbocycles. The van der Waals surface area contributed by atoms with E-state index in [2.05, 4.69) is 22.8 Å². The number of nitrogens with zero attached hydrogens (tertiary/aromatic N) is 1. The zero-order valence-electron chi connectivity index (χ0n) is 15.1. The van der Waals surface area contributed by atoms with Crippen molar-refractivity contribution < 1.29 is 14.0 Å². The van der Waals surface area contributed by atoms with Gasteiger partial charge in [0.1, 0.15) is 5.52 Å². The van der Waals surface area contributed by atoms with E-state index in [0.29, 0.717) is 28.7 Å². The minimum Gasteiger partial charge on any atom is -0.441 e. The molecule has 0 radical (unpaired) electrons. The lowest BCUT2D eigenvalue weighted by Crippen LogP contribution is -2.41. The highest BCUT2D eigenvalue weighted by molar-refractivity contribution is 7.14. The van der Waals surface area contributed by atoms with Crippen LogP contribution in [0.3, 0.4) is 0 Å². The predicted molar refractivity (Wildman–Crippen MR) is 103 cm³/mol. The van der Waals surface area contributed by atoms with E-state index < -0.39 is 0 Å². The Hall–Kier alpha value is -2.67. The van der Waals surface area contributed by atoms with E-state index in [1.54, 1.807) is 0 Å². The molecule has 3 aromatic rings. The van der Waals surface area contributed by atoms with Crippen molar-refractivity contribution in [3.8, 4) is 0 Å². The molecule has 140 valence electrons. The lowest BCUT2D eigenvalue weighted by atomic mass is 9.90. The topological polar surface area (TPSA) is 84.2 Å². The van der Waals surface area contributed by atoms with Crippen molar-refractivity contribution in [3.05, 3.63) is 51.5 Å². The van der Waals surface area contributed by atoms with Gasteiger partial charge in [0, 0.05) is 17.7 Å². The molecule has 1 aromatic carbocycles. The first-order valence-electron chi connectivity index (χ1n) is 9.13. The van der Waals surface area contributed by atoms with Crippen molar-refractivity contribution in [2.24, 2.45) is 5.92 Å². The number of hydrogen-bond acceptors (Lipinski definition) is 5. The number of carbonyl (C=O) groups is 2. The van der Waals surface area contributed by atoms with E-state index in [9.17, 15) is 9.59 Å². The smallest absolute Gasteiger partial charge is 0.279 e.